The summed E-state index contributed by atoms with van der Waals surface area (Å²) < 4.78 is 5.53. The molecule has 0 radical (unpaired) electrons. The number of aryl methyl sites for hydroxylation is 2. The predicted molar refractivity (Wildman–Crippen MR) is 58.0 cm³/mol. The standard InChI is InChI=1S/C12H13NO/c1-8-3-5-11(13)10(7-8)12-6-4-9(2)14-12/h3-7H,13H2,1-2H3. The van der Waals surface area contributed by atoms with E-state index in [2.05, 4.69) is 0 Å². The molecule has 0 amide bonds. The summed E-state index contributed by atoms with van der Waals surface area (Å²) in [6.45, 7) is 3.97. The van der Waals surface area contributed by atoms with Gasteiger partial charge in [-0.25, -0.2) is 0 Å². The fraction of sp³-hybridized carbons (Fsp3) is 0.167. The van der Waals surface area contributed by atoms with E-state index in [4.69, 9.17) is 10.2 Å². The Kier molecular flexibility index (Phi) is 2.04. The molecule has 0 unspecified atom stereocenters. The third kappa shape index (κ3) is 1.51. The van der Waals surface area contributed by atoms with Crippen LogP contribution in [0, 0.1) is 13.8 Å². The van der Waals surface area contributed by atoms with E-state index in [9.17, 15) is 0 Å². The summed E-state index contributed by atoms with van der Waals surface area (Å²) >= 11 is 0. The Morgan fingerprint density at radius 1 is 1.07 bits per heavy atom. The van der Waals surface area contributed by atoms with E-state index in [1.54, 1.807) is 0 Å². The van der Waals surface area contributed by atoms with Gasteiger partial charge in [0.1, 0.15) is 11.5 Å². The minimum Gasteiger partial charge on any atom is -0.461 e. The lowest BCUT2D eigenvalue weighted by Crippen LogP contribution is -1.89. The van der Waals surface area contributed by atoms with Crippen molar-refractivity contribution in [2.45, 2.75) is 13.8 Å². The highest BCUT2D eigenvalue weighted by Gasteiger charge is 2.06. The van der Waals surface area contributed by atoms with Crippen LogP contribution in [0.25, 0.3) is 11.3 Å². The molecule has 0 atom stereocenters. The van der Waals surface area contributed by atoms with Gasteiger partial charge in [-0.15, -0.1) is 0 Å². The van der Waals surface area contributed by atoms with Gasteiger partial charge in [-0.05, 0) is 38.1 Å². The second-order valence-corrected chi connectivity index (χ2v) is 3.50. The first-order chi connectivity index (χ1) is 6.66. The van der Waals surface area contributed by atoms with Crippen molar-refractivity contribution in [2.24, 2.45) is 0 Å². The van der Waals surface area contributed by atoms with Crippen molar-refractivity contribution in [3.63, 3.8) is 0 Å². The molecule has 1 aromatic carbocycles. The van der Waals surface area contributed by atoms with Crippen molar-refractivity contribution in [3.8, 4) is 11.3 Å². The third-order valence-electron chi connectivity index (χ3n) is 2.21. The average molecular weight is 187 g/mol. The summed E-state index contributed by atoms with van der Waals surface area (Å²) in [6.07, 6.45) is 0. The van der Waals surface area contributed by atoms with Crippen LogP contribution in [-0.4, -0.2) is 0 Å². The van der Waals surface area contributed by atoms with Gasteiger partial charge in [-0.2, -0.15) is 0 Å². The molecule has 0 fully saturated rings. The smallest absolute Gasteiger partial charge is 0.136 e. The van der Waals surface area contributed by atoms with Crippen LogP contribution < -0.4 is 5.73 Å². The third-order valence-corrected chi connectivity index (χ3v) is 2.21. The second-order valence-electron chi connectivity index (χ2n) is 3.50. The Hall–Kier alpha value is -1.70. The minimum atomic E-state index is 0.755. The summed E-state index contributed by atoms with van der Waals surface area (Å²) in [5.74, 6) is 1.74. The van der Waals surface area contributed by atoms with E-state index < -0.39 is 0 Å². The molecule has 0 aliphatic heterocycles. The zero-order valence-corrected chi connectivity index (χ0v) is 8.37. The normalized spacial score (nSPS) is 10.4. The van der Waals surface area contributed by atoms with Crippen LogP contribution in [0.15, 0.2) is 34.7 Å². The van der Waals surface area contributed by atoms with Crippen molar-refractivity contribution in [1.82, 2.24) is 0 Å². The van der Waals surface area contributed by atoms with Gasteiger partial charge in [0.05, 0.1) is 0 Å². The molecule has 72 valence electrons. The molecule has 0 aliphatic rings. The molecule has 2 heteroatoms. The Bertz CT molecular complexity index is 457. The lowest BCUT2D eigenvalue weighted by molar-refractivity contribution is 0.548. The number of nitrogen functional groups attached to an aromatic ring is 1. The summed E-state index contributed by atoms with van der Waals surface area (Å²) in [7, 11) is 0. The van der Waals surface area contributed by atoms with E-state index in [1.807, 2.05) is 44.2 Å². The van der Waals surface area contributed by atoms with E-state index in [-0.39, 0.29) is 0 Å². The Labute approximate surface area is 83.4 Å². The summed E-state index contributed by atoms with van der Waals surface area (Å²) in [5, 5.41) is 0. The van der Waals surface area contributed by atoms with Gasteiger partial charge in [-0.3, -0.25) is 0 Å². The van der Waals surface area contributed by atoms with Crippen LogP contribution >= 0.6 is 0 Å². The maximum absolute atomic E-state index is 5.87. The summed E-state index contributed by atoms with van der Waals surface area (Å²) in [4.78, 5) is 0. The van der Waals surface area contributed by atoms with Gasteiger partial charge >= 0.3 is 0 Å². The minimum absolute atomic E-state index is 0.755. The molecule has 1 aromatic heterocycles. The molecular weight excluding hydrogens is 174 g/mol. The first-order valence-electron chi connectivity index (χ1n) is 4.60. The van der Waals surface area contributed by atoms with Crippen LogP contribution in [0.3, 0.4) is 0 Å². The predicted octanol–water partition coefficient (Wildman–Crippen LogP) is 3.15. The van der Waals surface area contributed by atoms with Gasteiger partial charge in [0, 0.05) is 11.3 Å². The van der Waals surface area contributed by atoms with E-state index >= 15 is 0 Å². The second kappa shape index (κ2) is 3.22. The Morgan fingerprint density at radius 3 is 2.50 bits per heavy atom. The number of hydrogen-bond donors (Lipinski definition) is 1. The molecule has 2 N–H and O–H groups in total. The first-order valence-corrected chi connectivity index (χ1v) is 4.60. The Balaban J connectivity index is 2.55. The van der Waals surface area contributed by atoms with Crippen LogP contribution in [0.1, 0.15) is 11.3 Å². The monoisotopic (exact) mass is 187 g/mol. The molecule has 2 aromatic rings. The van der Waals surface area contributed by atoms with E-state index in [0.29, 0.717) is 0 Å². The van der Waals surface area contributed by atoms with Crippen molar-refractivity contribution in [2.75, 3.05) is 5.73 Å². The SMILES string of the molecule is Cc1ccc(N)c(-c2ccc(C)o2)c1. The van der Waals surface area contributed by atoms with E-state index in [1.165, 1.54) is 5.56 Å². The van der Waals surface area contributed by atoms with Crippen LogP contribution in [0.4, 0.5) is 5.69 Å². The van der Waals surface area contributed by atoms with Gasteiger partial charge in [0.15, 0.2) is 0 Å². The number of furan rings is 1. The molecule has 1 heterocycles. The Morgan fingerprint density at radius 2 is 1.86 bits per heavy atom. The number of rotatable bonds is 1. The van der Waals surface area contributed by atoms with Crippen LogP contribution in [0.5, 0.6) is 0 Å². The lowest BCUT2D eigenvalue weighted by Gasteiger charge is -2.03. The zero-order valence-electron chi connectivity index (χ0n) is 8.37. The fourth-order valence-electron chi connectivity index (χ4n) is 1.46. The van der Waals surface area contributed by atoms with Gasteiger partial charge in [-0.1, -0.05) is 11.6 Å². The molecule has 0 bridgehead atoms. The highest BCUT2D eigenvalue weighted by molar-refractivity contribution is 5.73. The number of nitrogens with two attached hydrogens (primary N) is 1. The molecule has 14 heavy (non-hydrogen) atoms. The zero-order chi connectivity index (χ0) is 10.1. The maximum atomic E-state index is 5.87. The average Bonchev–Trinajstić information content (AvgIpc) is 2.56. The number of anilines is 1. The molecule has 0 saturated heterocycles. The molecule has 0 aliphatic carbocycles. The molecular formula is C12H13NO. The molecule has 0 spiro atoms. The van der Waals surface area contributed by atoms with Gasteiger partial charge in [0.25, 0.3) is 0 Å². The van der Waals surface area contributed by atoms with E-state index in [0.717, 1.165) is 22.8 Å². The maximum Gasteiger partial charge on any atom is 0.136 e. The summed E-state index contributed by atoms with van der Waals surface area (Å²) in [5.41, 5.74) is 8.78. The lowest BCUT2D eigenvalue weighted by atomic mass is 10.1. The molecule has 2 nitrogen and oxygen atoms in total. The molecule has 0 saturated carbocycles. The summed E-state index contributed by atoms with van der Waals surface area (Å²) in [6, 6.07) is 9.82. The molecule has 2 rings (SSSR count). The van der Waals surface area contributed by atoms with Gasteiger partial charge < -0.3 is 10.2 Å². The number of hydrogen-bond acceptors (Lipinski definition) is 2. The van der Waals surface area contributed by atoms with Crippen LogP contribution in [-0.2, 0) is 0 Å². The first kappa shape index (κ1) is 8.88. The fourth-order valence-corrected chi connectivity index (χ4v) is 1.46. The van der Waals surface area contributed by atoms with Crippen molar-refractivity contribution in [3.05, 3.63) is 41.7 Å². The highest BCUT2D eigenvalue weighted by Crippen LogP contribution is 2.28. The quantitative estimate of drug-likeness (QED) is 0.696. The largest absolute Gasteiger partial charge is 0.461 e. The van der Waals surface area contributed by atoms with Crippen molar-refractivity contribution >= 4 is 5.69 Å². The topological polar surface area (TPSA) is 39.2 Å². The number of benzene rings is 1. The van der Waals surface area contributed by atoms with Crippen molar-refractivity contribution in [1.29, 1.82) is 0 Å². The van der Waals surface area contributed by atoms with Crippen molar-refractivity contribution < 1.29 is 4.42 Å². The highest BCUT2D eigenvalue weighted by atomic mass is 16.3. The van der Waals surface area contributed by atoms with Gasteiger partial charge in [0.2, 0.25) is 0 Å². The van der Waals surface area contributed by atoms with Crippen LogP contribution in [0.2, 0.25) is 0 Å².